The number of carbonyl (C=O) groups is 1. The SMILES string of the molecule is O=C(CSCc1c(F)cccc1Cl)NCCSCc1ccc(Cl)cc1. The van der Waals surface area contributed by atoms with E-state index in [9.17, 15) is 9.18 Å². The van der Waals surface area contributed by atoms with E-state index in [1.807, 2.05) is 24.3 Å². The Bertz CT molecular complexity index is 678. The van der Waals surface area contributed by atoms with Crippen molar-refractivity contribution < 1.29 is 9.18 Å². The molecule has 134 valence electrons. The van der Waals surface area contributed by atoms with Crippen LogP contribution in [0.15, 0.2) is 42.5 Å². The molecule has 0 saturated carbocycles. The number of amides is 1. The third-order valence-corrected chi connectivity index (χ3v) is 5.89. The van der Waals surface area contributed by atoms with Crippen molar-refractivity contribution in [1.29, 1.82) is 0 Å². The highest BCUT2D eigenvalue weighted by Gasteiger charge is 2.08. The van der Waals surface area contributed by atoms with Crippen molar-refractivity contribution in [3.8, 4) is 0 Å². The van der Waals surface area contributed by atoms with Gasteiger partial charge in [0.05, 0.1) is 5.75 Å². The fourth-order valence-electron chi connectivity index (χ4n) is 2.00. The third kappa shape index (κ3) is 7.48. The van der Waals surface area contributed by atoms with Crippen LogP contribution in [0.1, 0.15) is 11.1 Å². The molecule has 0 aliphatic carbocycles. The van der Waals surface area contributed by atoms with E-state index < -0.39 is 0 Å². The Morgan fingerprint density at radius 3 is 2.52 bits per heavy atom. The maximum absolute atomic E-state index is 13.6. The summed E-state index contributed by atoms with van der Waals surface area (Å²) in [5, 5.41) is 3.99. The van der Waals surface area contributed by atoms with Crippen LogP contribution in [0.4, 0.5) is 4.39 Å². The molecule has 0 aliphatic rings. The average Bonchev–Trinajstić information content (AvgIpc) is 2.59. The molecule has 2 aromatic carbocycles. The maximum Gasteiger partial charge on any atom is 0.230 e. The summed E-state index contributed by atoms with van der Waals surface area (Å²) < 4.78 is 13.6. The van der Waals surface area contributed by atoms with E-state index in [4.69, 9.17) is 23.2 Å². The number of benzene rings is 2. The lowest BCUT2D eigenvalue weighted by atomic mass is 10.2. The maximum atomic E-state index is 13.6. The number of thioether (sulfide) groups is 2. The Labute approximate surface area is 165 Å². The second-order valence-corrected chi connectivity index (χ2v) is 8.16. The quantitative estimate of drug-likeness (QED) is 0.552. The minimum atomic E-state index is -0.334. The lowest BCUT2D eigenvalue weighted by Gasteiger charge is -2.07. The first-order valence-corrected chi connectivity index (χ1v) is 10.7. The molecule has 0 bridgehead atoms. The van der Waals surface area contributed by atoms with E-state index in [1.54, 1.807) is 23.9 Å². The number of hydrogen-bond acceptors (Lipinski definition) is 3. The van der Waals surface area contributed by atoms with Crippen molar-refractivity contribution in [2.24, 2.45) is 0 Å². The molecule has 0 atom stereocenters. The lowest BCUT2D eigenvalue weighted by molar-refractivity contribution is -0.118. The first kappa shape index (κ1) is 20.4. The first-order chi connectivity index (χ1) is 12.1. The Hall–Kier alpha value is -0.880. The van der Waals surface area contributed by atoms with Gasteiger partial charge in [-0.1, -0.05) is 41.4 Å². The molecule has 1 N–H and O–H groups in total. The molecule has 0 fully saturated rings. The van der Waals surface area contributed by atoms with Crippen LogP contribution in [0.3, 0.4) is 0 Å². The lowest BCUT2D eigenvalue weighted by Crippen LogP contribution is -2.27. The summed E-state index contributed by atoms with van der Waals surface area (Å²) in [5.74, 6) is 1.99. The van der Waals surface area contributed by atoms with E-state index in [0.717, 1.165) is 16.5 Å². The minimum absolute atomic E-state index is 0.0513. The molecular weight excluding hydrogens is 400 g/mol. The number of hydrogen-bond donors (Lipinski definition) is 1. The largest absolute Gasteiger partial charge is 0.355 e. The van der Waals surface area contributed by atoms with Crippen molar-refractivity contribution in [3.63, 3.8) is 0 Å². The van der Waals surface area contributed by atoms with E-state index in [1.165, 1.54) is 23.4 Å². The van der Waals surface area contributed by atoms with Crippen LogP contribution in [0.5, 0.6) is 0 Å². The monoisotopic (exact) mass is 417 g/mol. The van der Waals surface area contributed by atoms with Gasteiger partial charge >= 0.3 is 0 Å². The topological polar surface area (TPSA) is 29.1 Å². The van der Waals surface area contributed by atoms with Gasteiger partial charge in [-0.15, -0.1) is 11.8 Å². The molecule has 0 aromatic heterocycles. The van der Waals surface area contributed by atoms with Gasteiger partial charge in [0.2, 0.25) is 5.91 Å². The van der Waals surface area contributed by atoms with Crippen LogP contribution in [-0.2, 0) is 16.3 Å². The molecule has 0 saturated heterocycles. The van der Waals surface area contributed by atoms with Gasteiger partial charge in [-0.05, 0) is 29.8 Å². The average molecular weight is 418 g/mol. The summed E-state index contributed by atoms with van der Waals surface area (Å²) in [5.41, 5.74) is 1.65. The third-order valence-electron chi connectivity index (χ3n) is 3.29. The van der Waals surface area contributed by atoms with Crippen molar-refractivity contribution in [2.75, 3.05) is 18.1 Å². The summed E-state index contributed by atoms with van der Waals surface area (Å²) in [6.07, 6.45) is 0. The molecule has 0 heterocycles. The molecule has 0 aliphatic heterocycles. The molecule has 25 heavy (non-hydrogen) atoms. The molecule has 0 radical (unpaired) electrons. The standard InChI is InChI=1S/C18H18Cl2FNOS2/c19-14-6-4-13(5-7-14)10-24-9-8-22-18(23)12-25-11-15-16(20)2-1-3-17(15)21/h1-7H,8-12H2,(H,22,23). The smallest absolute Gasteiger partial charge is 0.230 e. The van der Waals surface area contributed by atoms with Crippen molar-refractivity contribution in [2.45, 2.75) is 11.5 Å². The van der Waals surface area contributed by atoms with E-state index >= 15 is 0 Å². The molecule has 0 spiro atoms. The predicted molar refractivity (Wildman–Crippen MR) is 108 cm³/mol. The number of carbonyl (C=O) groups excluding carboxylic acids is 1. The summed E-state index contributed by atoms with van der Waals surface area (Å²) in [4.78, 5) is 11.8. The van der Waals surface area contributed by atoms with Crippen LogP contribution < -0.4 is 5.32 Å². The highest BCUT2D eigenvalue weighted by atomic mass is 35.5. The summed E-state index contributed by atoms with van der Waals surface area (Å²) in [7, 11) is 0. The van der Waals surface area contributed by atoms with E-state index in [2.05, 4.69) is 5.32 Å². The normalized spacial score (nSPS) is 10.7. The predicted octanol–water partition coefficient (Wildman–Crippen LogP) is 5.42. The second kappa shape index (κ2) is 11.0. The van der Waals surface area contributed by atoms with Crippen LogP contribution in [0.2, 0.25) is 10.0 Å². The zero-order valence-corrected chi connectivity index (χ0v) is 16.6. The van der Waals surface area contributed by atoms with Crippen molar-refractivity contribution in [3.05, 3.63) is 69.5 Å². The molecule has 7 heteroatoms. The number of rotatable bonds is 9. The van der Waals surface area contributed by atoms with Gasteiger partial charge in [0.1, 0.15) is 5.82 Å². The highest BCUT2D eigenvalue weighted by molar-refractivity contribution is 7.99. The highest BCUT2D eigenvalue weighted by Crippen LogP contribution is 2.23. The minimum Gasteiger partial charge on any atom is -0.355 e. The first-order valence-electron chi connectivity index (χ1n) is 7.66. The Kier molecular flexibility index (Phi) is 8.96. The van der Waals surface area contributed by atoms with Gasteiger partial charge in [-0.25, -0.2) is 4.39 Å². The van der Waals surface area contributed by atoms with Gasteiger partial charge in [0.25, 0.3) is 0 Å². The Morgan fingerprint density at radius 2 is 1.80 bits per heavy atom. The van der Waals surface area contributed by atoms with E-state index in [0.29, 0.717) is 22.9 Å². The summed E-state index contributed by atoms with van der Waals surface area (Å²) in [6, 6.07) is 12.3. The number of nitrogens with one attached hydrogen (secondary N) is 1. The molecule has 2 aromatic rings. The van der Waals surface area contributed by atoms with Crippen LogP contribution in [-0.4, -0.2) is 24.0 Å². The fourth-order valence-corrected chi connectivity index (χ4v) is 4.14. The zero-order valence-electron chi connectivity index (χ0n) is 13.4. The van der Waals surface area contributed by atoms with Crippen LogP contribution in [0, 0.1) is 5.82 Å². The van der Waals surface area contributed by atoms with Crippen LogP contribution >= 0.6 is 46.7 Å². The van der Waals surface area contributed by atoms with Gasteiger partial charge in [-0.3, -0.25) is 4.79 Å². The summed E-state index contributed by atoms with van der Waals surface area (Å²) >= 11 is 14.9. The van der Waals surface area contributed by atoms with Gasteiger partial charge in [0, 0.05) is 39.4 Å². The number of halogens is 3. The Balaban J connectivity index is 1.57. The second-order valence-electron chi connectivity index (χ2n) is 5.22. The molecule has 2 nitrogen and oxygen atoms in total. The van der Waals surface area contributed by atoms with E-state index in [-0.39, 0.29) is 17.5 Å². The molecule has 1 amide bonds. The van der Waals surface area contributed by atoms with Gasteiger partial charge < -0.3 is 5.32 Å². The zero-order chi connectivity index (χ0) is 18.1. The van der Waals surface area contributed by atoms with Crippen molar-refractivity contribution >= 4 is 52.6 Å². The van der Waals surface area contributed by atoms with Crippen LogP contribution in [0.25, 0.3) is 0 Å². The molecule has 0 unspecified atom stereocenters. The fraction of sp³-hybridized carbons (Fsp3) is 0.278. The van der Waals surface area contributed by atoms with Crippen molar-refractivity contribution in [1.82, 2.24) is 5.32 Å². The molecule has 2 rings (SSSR count). The molecular formula is C18H18Cl2FNOS2. The van der Waals surface area contributed by atoms with Gasteiger partial charge in [-0.2, -0.15) is 11.8 Å². The van der Waals surface area contributed by atoms with Gasteiger partial charge in [0.15, 0.2) is 0 Å². The Morgan fingerprint density at radius 1 is 1.04 bits per heavy atom. The summed E-state index contributed by atoms with van der Waals surface area (Å²) in [6.45, 7) is 0.609.